The fourth-order valence-electron chi connectivity index (χ4n) is 2.72. The molecule has 130 valence electrons. The summed E-state index contributed by atoms with van der Waals surface area (Å²) in [5, 5.41) is 1.76. The smallest absolute Gasteiger partial charge is 0.306 e. The van der Waals surface area contributed by atoms with Gasteiger partial charge in [-0.15, -0.1) is 0 Å². The molecule has 1 aromatic carbocycles. The lowest BCUT2D eigenvalue weighted by atomic mass is 10.1. The summed E-state index contributed by atoms with van der Waals surface area (Å²) >= 11 is 1.51. The second kappa shape index (κ2) is 7.70. The van der Waals surface area contributed by atoms with Crippen molar-refractivity contribution in [3.63, 3.8) is 0 Å². The lowest BCUT2D eigenvalue weighted by Gasteiger charge is -2.09. The van der Waals surface area contributed by atoms with Crippen molar-refractivity contribution in [1.82, 2.24) is 9.97 Å². The maximum Gasteiger partial charge on any atom is 0.306 e. The molecule has 0 radical (unpaired) electrons. The minimum atomic E-state index is -0.256. The third-order valence-corrected chi connectivity index (χ3v) is 4.56. The number of hydrogen-bond acceptors (Lipinski definition) is 6. The van der Waals surface area contributed by atoms with Gasteiger partial charge in [0.15, 0.2) is 5.16 Å². The fraction of sp³-hybridized carbons (Fsp3) is 0.316. The van der Waals surface area contributed by atoms with Gasteiger partial charge in [0.2, 0.25) is 0 Å². The van der Waals surface area contributed by atoms with Crippen LogP contribution in [0.3, 0.4) is 0 Å². The van der Waals surface area contributed by atoms with E-state index >= 15 is 0 Å². The van der Waals surface area contributed by atoms with Crippen LogP contribution in [0.5, 0.6) is 0 Å². The molecule has 0 aliphatic rings. The number of para-hydroxylation sites is 1. The Kier molecular flexibility index (Phi) is 5.38. The molecule has 0 unspecified atom stereocenters. The number of carbonyl (C=O) groups excluding carboxylic acids is 1. The van der Waals surface area contributed by atoms with Crippen LogP contribution in [0.2, 0.25) is 0 Å². The molecule has 0 spiro atoms. The zero-order valence-electron chi connectivity index (χ0n) is 14.5. The van der Waals surface area contributed by atoms with Gasteiger partial charge in [-0.3, -0.25) is 4.79 Å². The number of ether oxygens (including phenoxy) is 1. The Morgan fingerprint density at radius 2 is 1.92 bits per heavy atom. The van der Waals surface area contributed by atoms with Crippen LogP contribution in [0.4, 0.5) is 0 Å². The molecule has 0 saturated heterocycles. The molecule has 5 nitrogen and oxygen atoms in total. The third-order valence-electron chi connectivity index (χ3n) is 4.01. The molecule has 0 aliphatic heterocycles. The summed E-state index contributed by atoms with van der Waals surface area (Å²) in [6.07, 6.45) is 2.82. The maximum absolute atomic E-state index is 12.0. The summed E-state index contributed by atoms with van der Waals surface area (Å²) < 4.78 is 11.0. The number of carbonyl (C=O) groups is 1. The Balaban J connectivity index is 1.56. The SMILES string of the molecule is CSc1nc(C)c(CCC(=O)OCc2cc3ccccc3o2)c(C)n1. The maximum atomic E-state index is 12.0. The minimum Gasteiger partial charge on any atom is -0.457 e. The first-order chi connectivity index (χ1) is 12.1. The van der Waals surface area contributed by atoms with E-state index in [1.165, 1.54) is 11.8 Å². The van der Waals surface area contributed by atoms with Gasteiger partial charge in [0.25, 0.3) is 0 Å². The lowest BCUT2D eigenvalue weighted by Crippen LogP contribution is -2.08. The fourth-order valence-corrected chi connectivity index (χ4v) is 3.18. The number of esters is 1. The van der Waals surface area contributed by atoms with Crippen molar-refractivity contribution in [2.75, 3.05) is 6.26 Å². The Labute approximate surface area is 150 Å². The first kappa shape index (κ1) is 17.5. The topological polar surface area (TPSA) is 65.2 Å². The van der Waals surface area contributed by atoms with Crippen LogP contribution in [-0.2, 0) is 22.6 Å². The quantitative estimate of drug-likeness (QED) is 0.374. The molecule has 3 rings (SSSR count). The van der Waals surface area contributed by atoms with Crippen molar-refractivity contribution in [2.45, 2.75) is 38.5 Å². The number of aromatic nitrogens is 2. The van der Waals surface area contributed by atoms with Gasteiger partial charge >= 0.3 is 5.97 Å². The second-order valence-electron chi connectivity index (χ2n) is 5.77. The Morgan fingerprint density at radius 1 is 1.20 bits per heavy atom. The zero-order chi connectivity index (χ0) is 17.8. The minimum absolute atomic E-state index is 0.146. The van der Waals surface area contributed by atoms with Crippen molar-refractivity contribution < 1.29 is 13.9 Å². The monoisotopic (exact) mass is 356 g/mol. The van der Waals surface area contributed by atoms with E-state index in [2.05, 4.69) is 9.97 Å². The van der Waals surface area contributed by atoms with Crippen LogP contribution in [-0.4, -0.2) is 22.2 Å². The molecule has 0 atom stereocenters. The molecule has 0 saturated carbocycles. The normalized spacial score (nSPS) is 11.0. The number of aryl methyl sites for hydroxylation is 2. The van der Waals surface area contributed by atoms with Crippen LogP contribution in [0, 0.1) is 13.8 Å². The number of hydrogen-bond donors (Lipinski definition) is 0. The molecule has 0 amide bonds. The van der Waals surface area contributed by atoms with E-state index in [0.29, 0.717) is 18.6 Å². The van der Waals surface area contributed by atoms with Gasteiger partial charge in [-0.05, 0) is 44.2 Å². The predicted molar refractivity (Wildman–Crippen MR) is 97.6 cm³/mol. The van der Waals surface area contributed by atoms with Gasteiger partial charge in [0.1, 0.15) is 18.0 Å². The third kappa shape index (κ3) is 4.20. The van der Waals surface area contributed by atoms with Crippen LogP contribution in [0.15, 0.2) is 39.9 Å². The van der Waals surface area contributed by atoms with Crippen LogP contribution in [0.25, 0.3) is 11.0 Å². The van der Waals surface area contributed by atoms with Crippen molar-refractivity contribution in [3.05, 3.63) is 53.0 Å². The Hall–Kier alpha value is -2.34. The first-order valence-electron chi connectivity index (χ1n) is 8.08. The van der Waals surface area contributed by atoms with Crippen molar-refractivity contribution in [1.29, 1.82) is 0 Å². The molecule has 3 aromatic rings. The predicted octanol–water partition coefficient (Wildman–Crippen LogP) is 4.24. The summed E-state index contributed by atoms with van der Waals surface area (Å²) in [5.74, 6) is 0.391. The molecular weight excluding hydrogens is 336 g/mol. The summed E-state index contributed by atoms with van der Waals surface area (Å²) in [6.45, 7) is 4.04. The number of furan rings is 1. The van der Waals surface area contributed by atoms with E-state index in [-0.39, 0.29) is 12.6 Å². The summed E-state index contributed by atoms with van der Waals surface area (Å²) in [7, 11) is 0. The van der Waals surface area contributed by atoms with Gasteiger partial charge in [0.05, 0.1) is 0 Å². The number of nitrogens with zero attached hydrogens (tertiary/aromatic N) is 2. The van der Waals surface area contributed by atoms with Crippen molar-refractivity contribution in [2.24, 2.45) is 0 Å². The molecule has 2 aromatic heterocycles. The van der Waals surface area contributed by atoms with Crippen molar-refractivity contribution in [3.8, 4) is 0 Å². The number of rotatable bonds is 6. The standard InChI is InChI=1S/C19H20N2O3S/c1-12-16(13(2)21-19(20-12)25-3)8-9-18(22)23-11-15-10-14-6-4-5-7-17(14)24-15/h4-7,10H,8-9,11H2,1-3H3. The van der Waals surface area contributed by atoms with Crippen LogP contribution < -0.4 is 0 Å². The van der Waals surface area contributed by atoms with Gasteiger partial charge in [-0.2, -0.15) is 0 Å². The summed E-state index contributed by atoms with van der Waals surface area (Å²) in [4.78, 5) is 20.9. The van der Waals surface area contributed by atoms with Gasteiger partial charge in [0, 0.05) is 23.2 Å². The number of thioether (sulfide) groups is 1. The lowest BCUT2D eigenvalue weighted by molar-refractivity contribution is -0.145. The average Bonchev–Trinajstić information content (AvgIpc) is 3.02. The van der Waals surface area contributed by atoms with Gasteiger partial charge < -0.3 is 9.15 Å². The number of fused-ring (bicyclic) bond motifs is 1. The highest BCUT2D eigenvalue weighted by Crippen LogP contribution is 2.20. The molecule has 6 heteroatoms. The van der Waals surface area contributed by atoms with E-state index in [4.69, 9.17) is 9.15 Å². The van der Waals surface area contributed by atoms with E-state index in [0.717, 1.165) is 33.1 Å². The van der Waals surface area contributed by atoms with E-state index in [1.54, 1.807) is 0 Å². The summed E-state index contributed by atoms with van der Waals surface area (Å²) in [6, 6.07) is 9.61. The Bertz CT molecular complexity index is 849. The largest absolute Gasteiger partial charge is 0.457 e. The molecule has 0 N–H and O–H groups in total. The molecule has 25 heavy (non-hydrogen) atoms. The summed E-state index contributed by atoms with van der Waals surface area (Å²) in [5.41, 5.74) is 3.65. The number of benzene rings is 1. The Morgan fingerprint density at radius 3 is 2.60 bits per heavy atom. The van der Waals surface area contributed by atoms with Crippen molar-refractivity contribution >= 4 is 28.7 Å². The molecule has 0 fully saturated rings. The van der Waals surface area contributed by atoms with Crippen LogP contribution in [0.1, 0.15) is 29.1 Å². The molecule has 0 bridgehead atoms. The second-order valence-corrected chi connectivity index (χ2v) is 6.54. The first-order valence-corrected chi connectivity index (χ1v) is 9.30. The van der Waals surface area contributed by atoms with Gasteiger partial charge in [-0.1, -0.05) is 30.0 Å². The average molecular weight is 356 g/mol. The highest BCUT2D eigenvalue weighted by atomic mass is 32.2. The molecule has 0 aliphatic carbocycles. The van der Waals surface area contributed by atoms with E-state index in [1.807, 2.05) is 50.4 Å². The highest BCUT2D eigenvalue weighted by Gasteiger charge is 2.12. The molecular formula is C19H20N2O3S. The van der Waals surface area contributed by atoms with Crippen LogP contribution >= 0.6 is 11.8 Å². The zero-order valence-corrected chi connectivity index (χ0v) is 15.4. The highest BCUT2D eigenvalue weighted by molar-refractivity contribution is 7.98. The van der Waals surface area contributed by atoms with E-state index in [9.17, 15) is 4.79 Å². The van der Waals surface area contributed by atoms with Gasteiger partial charge in [-0.25, -0.2) is 9.97 Å². The molecule has 2 heterocycles. The van der Waals surface area contributed by atoms with E-state index < -0.39 is 0 Å².